The molecule has 0 fully saturated rings. The Hall–Kier alpha value is -4.58. The van der Waals surface area contributed by atoms with Crippen LogP contribution in [0, 0.1) is 0 Å². The van der Waals surface area contributed by atoms with E-state index >= 15 is 0 Å². The molecule has 0 unspecified atom stereocenters. The Bertz CT molecular complexity index is 1200. The van der Waals surface area contributed by atoms with E-state index in [0.717, 1.165) is 0 Å². The van der Waals surface area contributed by atoms with Crippen LogP contribution in [0.4, 0.5) is 22.7 Å². The maximum atomic E-state index is 12.0. The smallest absolute Gasteiger partial charge is 0.193 e. The summed E-state index contributed by atoms with van der Waals surface area (Å²) < 4.78 is 0. The molecule has 0 saturated heterocycles. The highest BCUT2D eigenvalue weighted by Crippen LogP contribution is 2.15. The molecule has 6 nitrogen and oxygen atoms in total. The van der Waals surface area contributed by atoms with Crippen molar-refractivity contribution in [2.75, 3.05) is 22.9 Å². The summed E-state index contributed by atoms with van der Waals surface area (Å²) in [6.45, 7) is 0. The molecule has 6 heteroatoms. The van der Waals surface area contributed by atoms with Crippen molar-refractivity contribution in [3.8, 4) is 0 Å². The molecule has 4 rings (SSSR count). The van der Waals surface area contributed by atoms with Crippen molar-refractivity contribution in [3.05, 3.63) is 119 Å². The zero-order chi connectivity index (χ0) is 23.1. The third-order valence-corrected chi connectivity index (χ3v) is 4.62. The average Bonchev–Trinajstić information content (AvgIpc) is 2.79. The van der Waals surface area contributed by atoms with Crippen LogP contribution in [0.25, 0.3) is 0 Å². The van der Waals surface area contributed by atoms with Crippen molar-refractivity contribution >= 4 is 34.3 Å². The Morgan fingerprint density at radius 2 is 0.750 bits per heavy atom. The second-order valence-corrected chi connectivity index (χ2v) is 7.16. The van der Waals surface area contributed by atoms with Crippen molar-refractivity contribution in [2.24, 2.45) is 0 Å². The fourth-order valence-corrected chi connectivity index (χ4v) is 3.01. The van der Waals surface area contributed by atoms with Gasteiger partial charge in [0.15, 0.2) is 11.6 Å². The van der Waals surface area contributed by atoms with Gasteiger partial charge in [0.2, 0.25) is 0 Å². The van der Waals surface area contributed by atoms with Gasteiger partial charge in [-0.3, -0.25) is 9.59 Å². The number of benzene rings is 4. The number of nitrogen functional groups attached to an aromatic ring is 4. The van der Waals surface area contributed by atoms with Crippen LogP contribution in [0.5, 0.6) is 0 Å². The summed E-state index contributed by atoms with van der Waals surface area (Å²) in [5, 5.41) is 0. The lowest BCUT2D eigenvalue weighted by molar-refractivity contribution is 0.103. The molecule has 4 aromatic carbocycles. The number of carbonyl (C=O) groups is 2. The van der Waals surface area contributed by atoms with Crippen molar-refractivity contribution in [1.82, 2.24) is 0 Å². The molecule has 4 aromatic rings. The van der Waals surface area contributed by atoms with Gasteiger partial charge in [-0.25, -0.2) is 0 Å². The van der Waals surface area contributed by atoms with Gasteiger partial charge in [-0.1, -0.05) is 36.4 Å². The van der Waals surface area contributed by atoms with E-state index in [1.165, 1.54) is 0 Å². The molecule has 0 atom stereocenters. The predicted molar refractivity (Wildman–Crippen MR) is 130 cm³/mol. The standard InChI is InChI=1S/2C13H12N2O/c14-11-5-1-3-9(7-11)13(16)10-4-2-6-12(15)8-10;14-11-6-4-9(5-7-11)13(16)10-2-1-3-12(15)8-10/h2*1-8H,14-15H2. The van der Waals surface area contributed by atoms with E-state index in [1.54, 1.807) is 97.1 Å². The van der Waals surface area contributed by atoms with Gasteiger partial charge < -0.3 is 22.9 Å². The molecule has 0 radical (unpaired) electrons. The molecule has 0 spiro atoms. The summed E-state index contributed by atoms with van der Waals surface area (Å²) in [5.74, 6) is -0.119. The monoisotopic (exact) mass is 424 g/mol. The van der Waals surface area contributed by atoms with E-state index < -0.39 is 0 Å². The topological polar surface area (TPSA) is 138 Å². The van der Waals surface area contributed by atoms with Crippen molar-refractivity contribution in [1.29, 1.82) is 0 Å². The van der Waals surface area contributed by atoms with Crippen LogP contribution in [0.2, 0.25) is 0 Å². The molecule has 0 bridgehead atoms. The van der Waals surface area contributed by atoms with E-state index in [2.05, 4.69) is 0 Å². The quantitative estimate of drug-likeness (QED) is 0.287. The van der Waals surface area contributed by atoms with Gasteiger partial charge >= 0.3 is 0 Å². The van der Waals surface area contributed by atoms with E-state index in [-0.39, 0.29) is 11.6 Å². The number of ketones is 2. The van der Waals surface area contributed by atoms with Gasteiger partial charge in [-0.15, -0.1) is 0 Å². The third-order valence-electron chi connectivity index (χ3n) is 4.62. The summed E-state index contributed by atoms with van der Waals surface area (Å²) >= 11 is 0. The zero-order valence-corrected chi connectivity index (χ0v) is 17.4. The lowest BCUT2D eigenvalue weighted by Crippen LogP contribution is -2.02. The minimum absolute atomic E-state index is 0.0488. The van der Waals surface area contributed by atoms with Gasteiger partial charge in [0.05, 0.1) is 0 Å². The Morgan fingerprint density at radius 1 is 0.406 bits per heavy atom. The number of carbonyl (C=O) groups excluding carboxylic acids is 2. The highest BCUT2D eigenvalue weighted by atomic mass is 16.1. The molecule has 0 heterocycles. The van der Waals surface area contributed by atoms with Crippen LogP contribution in [0.1, 0.15) is 31.8 Å². The van der Waals surface area contributed by atoms with Gasteiger partial charge in [-0.2, -0.15) is 0 Å². The van der Waals surface area contributed by atoms with Crippen molar-refractivity contribution in [3.63, 3.8) is 0 Å². The Balaban J connectivity index is 0.000000181. The predicted octanol–water partition coefficient (Wildman–Crippen LogP) is 4.16. The minimum atomic E-state index is -0.0698. The first-order valence-corrected chi connectivity index (χ1v) is 9.85. The summed E-state index contributed by atoms with van der Waals surface area (Å²) in [5.41, 5.74) is 27.2. The van der Waals surface area contributed by atoms with Crippen LogP contribution >= 0.6 is 0 Å². The maximum absolute atomic E-state index is 12.0. The first-order valence-electron chi connectivity index (χ1n) is 9.85. The number of hydrogen-bond donors (Lipinski definition) is 4. The number of nitrogens with two attached hydrogens (primary N) is 4. The lowest BCUT2D eigenvalue weighted by Gasteiger charge is -2.03. The molecule has 0 aliphatic carbocycles. The Morgan fingerprint density at radius 3 is 1.09 bits per heavy atom. The first kappa shape index (κ1) is 22.1. The summed E-state index contributed by atoms with van der Waals surface area (Å²) in [6.07, 6.45) is 0. The molecule has 32 heavy (non-hydrogen) atoms. The third kappa shape index (κ3) is 5.73. The Labute approximate surface area is 186 Å². The zero-order valence-electron chi connectivity index (χ0n) is 17.4. The Kier molecular flexibility index (Phi) is 6.88. The van der Waals surface area contributed by atoms with Crippen LogP contribution < -0.4 is 22.9 Å². The second kappa shape index (κ2) is 9.95. The summed E-state index contributed by atoms with van der Waals surface area (Å²) in [7, 11) is 0. The molecular formula is C26H24N4O2. The first-order chi connectivity index (χ1) is 15.3. The number of hydrogen-bond acceptors (Lipinski definition) is 6. The molecule has 0 amide bonds. The molecule has 0 aliphatic rings. The SMILES string of the molecule is Nc1ccc(C(=O)c2cccc(N)c2)cc1.Nc1cccc(C(=O)c2cccc(N)c2)c1. The maximum Gasteiger partial charge on any atom is 0.193 e. The van der Waals surface area contributed by atoms with E-state index in [9.17, 15) is 9.59 Å². The van der Waals surface area contributed by atoms with E-state index in [1.807, 2.05) is 0 Å². The fraction of sp³-hybridized carbons (Fsp3) is 0. The van der Waals surface area contributed by atoms with Crippen LogP contribution in [-0.2, 0) is 0 Å². The summed E-state index contributed by atoms with van der Waals surface area (Å²) in [4.78, 5) is 24.1. The van der Waals surface area contributed by atoms with Crippen molar-refractivity contribution in [2.45, 2.75) is 0 Å². The normalized spacial score (nSPS) is 10.0. The van der Waals surface area contributed by atoms with Crippen LogP contribution in [0.3, 0.4) is 0 Å². The van der Waals surface area contributed by atoms with Gasteiger partial charge in [0, 0.05) is 45.0 Å². The number of anilines is 4. The molecule has 0 aromatic heterocycles. The molecule has 0 aliphatic heterocycles. The van der Waals surface area contributed by atoms with Crippen LogP contribution in [0.15, 0.2) is 97.1 Å². The summed E-state index contributed by atoms with van der Waals surface area (Å²) in [6, 6.07) is 27.6. The number of rotatable bonds is 4. The largest absolute Gasteiger partial charge is 0.399 e. The highest BCUT2D eigenvalue weighted by molar-refractivity contribution is 6.10. The van der Waals surface area contributed by atoms with E-state index in [0.29, 0.717) is 45.0 Å². The average molecular weight is 425 g/mol. The molecular weight excluding hydrogens is 400 g/mol. The second-order valence-electron chi connectivity index (χ2n) is 7.16. The van der Waals surface area contributed by atoms with Gasteiger partial charge in [-0.05, 0) is 60.7 Å². The fourth-order valence-electron chi connectivity index (χ4n) is 3.01. The molecule has 8 N–H and O–H groups in total. The lowest BCUT2D eigenvalue weighted by atomic mass is 10.0. The van der Waals surface area contributed by atoms with Crippen LogP contribution in [-0.4, -0.2) is 11.6 Å². The van der Waals surface area contributed by atoms with Gasteiger partial charge in [0.1, 0.15) is 0 Å². The minimum Gasteiger partial charge on any atom is -0.399 e. The highest BCUT2D eigenvalue weighted by Gasteiger charge is 2.09. The van der Waals surface area contributed by atoms with Gasteiger partial charge in [0.25, 0.3) is 0 Å². The van der Waals surface area contributed by atoms with Crippen molar-refractivity contribution < 1.29 is 9.59 Å². The molecule has 160 valence electrons. The molecule has 0 saturated carbocycles. The van der Waals surface area contributed by atoms with E-state index in [4.69, 9.17) is 22.9 Å².